The van der Waals surface area contributed by atoms with E-state index in [0.29, 0.717) is 17.4 Å². The third-order valence-corrected chi connectivity index (χ3v) is 4.71. The second-order valence-corrected chi connectivity index (χ2v) is 6.78. The van der Waals surface area contributed by atoms with E-state index in [9.17, 15) is 9.18 Å². The highest BCUT2D eigenvalue weighted by molar-refractivity contribution is 6.31. The Bertz CT molecular complexity index is 963. The first kappa shape index (κ1) is 19.8. The normalized spacial score (nSPS) is 11.9. The van der Waals surface area contributed by atoms with Gasteiger partial charge in [0.2, 0.25) is 0 Å². The Morgan fingerprint density at radius 1 is 1.25 bits per heavy atom. The Balaban J connectivity index is 1.74. The fraction of sp³-hybridized carbons (Fsp3) is 0.250. The number of rotatable bonds is 7. The van der Waals surface area contributed by atoms with Crippen LogP contribution in [0.25, 0.3) is 5.69 Å². The molecule has 0 aliphatic heterocycles. The Hall–Kier alpha value is -2.93. The van der Waals surface area contributed by atoms with Gasteiger partial charge in [-0.25, -0.2) is 4.39 Å². The summed E-state index contributed by atoms with van der Waals surface area (Å²) in [5.41, 5.74) is 2.30. The lowest BCUT2D eigenvalue weighted by atomic mass is 9.98. The van der Waals surface area contributed by atoms with Crippen molar-refractivity contribution in [3.63, 3.8) is 0 Å². The van der Waals surface area contributed by atoms with Crippen molar-refractivity contribution in [2.24, 2.45) is 0 Å². The van der Waals surface area contributed by atoms with E-state index in [0.717, 1.165) is 17.7 Å². The highest BCUT2D eigenvalue weighted by atomic mass is 35.5. The third kappa shape index (κ3) is 4.67. The summed E-state index contributed by atoms with van der Waals surface area (Å²) in [4.78, 5) is 12.2. The maximum absolute atomic E-state index is 13.2. The summed E-state index contributed by atoms with van der Waals surface area (Å²) < 4.78 is 20.7. The first-order valence-electron chi connectivity index (χ1n) is 8.84. The van der Waals surface area contributed by atoms with E-state index in [1.54, 1.807) is 17.2 Å². The molecule has 6 nitrogen and oxygen atoms in total. The van der Waals surface area contributed by atoms with E-state index < -0.39 is 5.82 Å². The number of nitrogens with one attached hydrogen (secondary N) is 1. The summed E-state index contributed by atoms with van der Waals surface area (Å²) in [7, 11) is 0. The zero-order chi connectivity index (χ0) is 20.1. The van der Waals surface area contributed by atoms with Crippen LogP contribution in [-0.4, -0.2) is 27.3 Å². The third-order valence-electron chi connectivity index (χ3n) is 4.42. The van der Waals surface area contributed by atoms with E-state index in [1.807, 2.05) is 18.2 Å². The number of anilines is 1. The Morgan fingerprint density at radius 2 is 2.00 bits per heavy atom. The molecule has 146 valence electrons. The Morgan fingerprint density at radius 3 is 2.68 bits per heavy atom. The number of carbonyl (C=O) groups excluding carboxylic acids is 1. The number of halogens is 2. The second-order valence-electron chi connectivity index (χ2n) is 6.37. The molecule has 8 heteroatoms. The molecule has 2 aromatic carbocycles. The molecule has 3 rings (SSSR count). The second kappa shape index (κ2) is 8.84. The first-order chi connectivity index (χ1) is 13.5. The largest absolute Gasteiger partial charge is 0.482 e. The van der Waals surface area contributed by atoms with Gasteiger partial charge in [-0.15, -0.1) is 10.2 Å². The molecule has 0 bridgehead atoms. The monoisotopic (exact) mass is 402 g/mol. The van der Waals surface area contributed by atoms with Crippen LogP contribution in [0.4, 0.5) is 10.1 Å². The zero-order valence-corrected chi connectivity index (χ0v) is 16.3. The van der Waals surface area contributed by atoms with Gasteiger partial charge in [-0.3, -0.25) is 9.36 Å². The van der Waals surface area contributed by atoms with Crippen molar-refractivity contribution < 1.29 is 13.9 Å². The molecular formula is C20H20ClFN4O2. The molecule has 1 atom stereocenters. The van der Waals surface area contributed by atoms with E-state index in [-0.39, 0.29) is 17.5 Å². The van der Waals surface area contributed by atoms with Crippen molar-refractivity contribution in [1.82, 2.24) is 14.8 Å². The molecule has 0 spiro atoms. The number of nitrogens with zero attached hydrogens (tertiary/aromatic N) is 3. The van der Waals surface area contributed by atoms with Crippen LogP contribution in [-0.2, 0) is 4.79 Å². The summed E-state index contributed by atoms with van der Waals surface area (Å²) in [6.07, 6.45) is 4.15. The highest BCUT2D eigenvalue weighted by Crippen LogP contribution is 2.29. The molecule has 0 aliphatic carbocycles. The van der Waals surface area contributed by atoms with Crippen molar-refractivity contribution in [2.45, 2.75) is 26.2 Å². The molecule has 0 saturated heterocycles. The van der Waals surface area contributed by atoms with E-state index in [2.05, 4.69) is 29.4 Å². The lowest BCUT2D eigenvalue weighted by Gasteiger charge is -2.16. The molecule has 1 heterocycles. The number of carbonyl (C=O) groups is 1. The van der Waals surface area contributed by atoms with Crippen LogP contribution in [0.15, 0.2) is 49.1 Å². The Kier molecular flexibility index (Phi) is 6.26. The van der Waals surface area contributed by atoms with Crippen LogP contribution in [0.2, 0.25) is 5.02 Å². The molecule has 0 aliphatic rings. The van der Waals surface area contributed by atoms with Gasteiger partial charge in [0.1, 0.15) is 24.2 Å². The summed E-state index contributed by atoms with van der Waals surface area (Å²) in [5, 5.41) is 10.2. The number of benzene rings is 2. The van der Waals surface area contributed by atoms with Crippen molar-refractivity contribution in [1.29, 1.82) is 0 Å². The average Bonchev–Trinajstić information content (AvgIpc) is 3.23. The molecule has 1 N–H and O–H groups in total. The lowest BCUT2D eigenvalue weighted by molar-refractivity contribution is -0.118. The smallest absolute Gasteiger partial charge is 0.262 e. The lowest BCUT2D eigenvalue weighted by Crippen LogP contribution is -2.20. The topological polar surface area (TPSA) is 69.0 Å². The molecule has 0 radical (unpaired) electrons. The molecule has 0 saturated carbocycles. The minimum absolute atomic E-state index is 0.0609. The van der Waals surface area contributed by atoms with Gasteiger partial charge in [0.05, 0.1) is 10.7 Å². The van der Waals surface area contributed by atoms with Crippen LogP contribution in [0.1, 0.15) is 31.7 Å². The number of ether oxygens (including phenoxy) is 1. The quantitative estimate of drug-likeness (QED) is 0.627. The molecule has 28 heavy (non-hydrogen) atoms. The predicted molar refractivity (Wildman–Crippen MR) is 106 cm³/mol. The van der Waals surface area contributed by atoms with Gasteiger partial charge in [0.15, 0.2) is 6.61 Å². The molecule has 1 aromatic heterocycles. The van der Waals surface area contributed by atoms with Crippen molar-refractivity contribution in [3.05, 3.63) is 65.5 Å². The van der Waals surface area contributed by atoms with Gasteiger partial charge in [-0.1, -0.05) is 31.5 Å². The van der Waals surface area contributed by atoms with E-state index in [1.165, 1.54) is 18.2 Å². The summed E-state index contributed by atoms with van der Waals surface area (Å²) in [6, 6.07) is 9.79. The summed E-state index contributed by atoms with van der Waals surface area (Å²) in [5.74, 6) is -0.0192. The van der Waals surface area contributed by atoms with Gasteiger partial charge in [-0.2, -0.15) is 0 Å². The standard InChI is InChI=1S/C20H20ClFN4O2/c1-3-13(2)14-4-7-19(18(8-14)26-11-23-24-12-26)28-10-20(27)25-15-5-6-17(22)16(21)9-15/h4-9,11-13H,3,10H2,1-2H3,(H,25,27)/t13-/m0/s1. The van der Waals surface area contributed by atoms with Gasteiger partial charge in [-0.05, 0) is 48.2 Å². The van der Waals surface area contributed by atoms with Gasteiger partial charge in [0, 0.05) is 5.69 Å². The minimum atomic E-state index is -0.545. The Labute approximate surface area is 167 Å². The molecule has 1 amide bonds. The van der Waals surface area contributed by atoms with Crippen LogP contribution >= 0.6 is 11.6 Å². The van der Waals surface area contributed by atoms with Gasteiger partial charge >= 0.3 is 0 Å². The van der Waals surface area contributed by atoms with E-state index in [4.69, 9.17) is 16.3 Å². The van der Waals surface area contributed by atoms with Gasteiger partial charge < -0.3 is 10.1 Å². The summed E-state index contributed by atoms with van der Waals surface area (Å²) in [6.45, 7) is 4.05. The van der Waals surface area contributed by atoms with Crippen LogP contribution < -0.4 is 10.1 Å². The molecular weight excluding hydrogens is 383 g/mol. The number of hydrogen-bond acceptors (Lipinski definition) is 4. The maximum Gasteiger partial charge on any atom is 0.262 e. The predicted octanol–water partition coefficient (Wildman–Crippen LogP) is 4.59. The highest BCUT2D eigenvalue weighted by Gasteiger charge is 2.13. The average molecular weight is 403 g/mol. The SMILES string of the molecule is CC[C@H](C)c1ccc(OCC(=O)Nc2ccc(F)c(Cl)c2)c(-n2cnnc2)c1. The fourth-order valence-electron chi connectivity index (χ4n) is 2.64. The van der Waals surface area contributed by atoms with Crippen molar-refractivity contribution in [2.75, 3.05) is 11.9 Å². The van der Waals surface area contributed by atoms with Crippen LogP contribution in [0.3, 0.4) is 0 Å². The minimum Gasteiger partial charge on any atom is -0.482 e. The molecule has 0 fully saturated rings. The van der Waals surface area contributed by atoms with E-state index >= 15 is 0 Å². The van der Waals surface area contributed by atoms with Gasteiger partial charge in [0.25, 0.3) is 5.91 Å². The van der Waals surface area contributed by atoms with Crippen molar-refractivity contribution >= 4 is 23.2 Å². The number of hydrogen-bond donors (Lipinski definition) is 1. The van der Waals surface area contributed by atoms with Crippen LogP contribution in [0.5, 0.6) is 5.75 Å². The summed E-state index contributed by atoms with van der Waals surface area (Å²) >= 11 is 5.73. The molecule has 0 unspecified atom stereocenters. The molecule has 3 aromatic rings. The number of amides is 1. The first-order valence-corrected chi connectivity index (χ1v) is 9.22. The van der Waals surface area contributed by atoms with Crippen molar-refractivity contribution in [3.8, 4) is 11.4 Å². The fourth-order valence-corrected chi connectivity index (χ4v) is 2.82. The number of aromatic nitrogens is 3. The van der Waals surface area contributed by atoms with Crippen LogP contribution in [0, 0.1) is 5.82 Å². The zero-order valence-electron chi connectivity index (χ0n) is 15.5. The maximum atomic E-state index is 13.2.